The van der Waals surface area contributed by atoms with Crippen LogP contribution in [-0.4, -0.2) is 18.1 Å². The first-order valence-corrected chi connectivity index (χ1v) is 12.4. The fourth-order valence-electron chi connectivity index (χ4n) is 3.44. The van der Waals surface area contributed by atoms with E-state index in [0.29, 0.717) is 11.5 Å². The van der Waals surface area contributed by atoms with Crippen LogP contribution in [0.2, 0.25) is 0 Å². The number of hydrogen-bond acceptors (Lipinski definition) is 4. The van der Waals surface area contributed by atoms with Gasteiger partial charge in [-0.3, -0.25) is 4.55 Å². The maximum absolute atomic E-state index is 11.1. The zero-order valence-corrected chi connectivity index (χ0v) is 18.7. The maximum atomic E-state index is 11.1. The lowest BCUT2D eigenvalue weighted by molar-refractivity contribution is 0.455. The highest BCUT2D eigenvalue weighted by Crippen LogP contribution is 2.29. The summed E-state index contributed by atoms with van der Waals surface area (Å²) in [5.74, 6) is 1.30. The fourth-order valence-corrected chi connectivity index (χ4v) is 3.92. The summed E-state index contributed by atoms with van der Waals surface area (Å²) in [4.78, 5) is -0.179. The normalized spacial score (nSPS) is 11.5. The molecule has 0 unspecified atom stereocenters. The van der Waals surface area contributed by atoms with E-state index in [0.717, 1.165) is 24.8 Å². The van der Waals surface area contributed by atoms with Crippen LogP contribution in [0.15, 0.2) is 47.4 Å². The quantitative estimate of drug-likeness (QED) is 0.250. The van der Waals surface area contributed by atoms with Gasteiger partial charge >= 0.3 is 0 Å². The van der Waals surface area contributed by atoms with Crippen LogP contribution in [0.25, 0.3) is 0 Å². The van der Waals surface area contributed by atoms with Crippen LogP contribution >= 0.6 is 0 Å². The van der Waals surface area contributed by atoms with Gasteiger partial charge in [0.1, 0.15) is 17.2 Å². The van der Waals surface area contributed by atoms with Crippen molar-refractivity contribution in [2.24, 2.45) is 0 Å². The van der Waals surface area contributed by atoms with E-state index in [1.807, 2.05) is 6.07 Å². The monoisotopic (exact) mass is 434 g/mol. The van der Waals surface area contributed by atoms with Crippen molar-refractivity contribution in [1.82, 2.24) is 0 Å². The van der Waals surface area contributed by atoms with Crippen molar-refractivity contribution < 1.29 is 22.8 Å². The average Bonchev–Trinajstić information content (AvgIpc) is 2.71. The van der Waals surface area contributed by atoms with Gasteiger partial charge in [-0.25, -0.2) is 0 Å². The predicted octanol–water partition coefficient (Wildman–Crippen LogP) is 6.89. The Balaban J connectivity index is 1.76. The summed E-state index contributed by atoms with van der Waals surface area (Å²) < 4.78 is 37.0. The second-order valence-electron chi connectivity index (χ2n) is 7.77. The molecule has 5 nitrogen and oxygen atoms in total. The summed E-state index contributed by atoms with van der Waals surface area (Å²) in [5, 5.41) is 10.1. The molecule has 2 rings (SSSR count). The Morgan fingerprint density at radius 3 is 1.87 bits per heavy atom. The molecule has 0 saturated carbocycles. The van der Waals surface area contributed by atoms with Crippen molar-refractivity contribution in [3.63, 3.8) is 0 Å². The number of rotatable bonds is 14. The van der Waals surface area contributed by atoms with Gasteiger partial charge in [0.15, 0.2) is 0 Å². The molecule has 0 atom stereocenters. The Bertz CT molecular complexity index is 860. The first-order chi connectivity index (χ1) is 14.4. The number of phenols is 1. The lowest BCUT2D eigenvalue weighted by Gasteiger charge is -2.10. The van der Waals surface area contributed by atoms with E-state index < -0.39 is 10.1 Å². The van der Waals surface area contributed by atoms with Crippen molar-refractivity contribution in [1.29, 1.82) is 0 Å². The molecule has 166 valence electrons. The molecule has 2 aromatic carbocycles. The van der Waals surface area contributed by atoms with E-state index in [4.69, 9.17) is 9.29 Å². The topological polar surface area (TPSA) is 83.8 Å². The van der Waals surface area contributed by atoms with Gasteiger partial charge in [0, 0.05) is 0 Å². The summed E-state index contributed by atoms with van der Waals surface area (Å²) in [6, 6.07) is 10.7. The highest BCUT2D eigenvalue weighted by Gasteiger charge is 2.10. The standard InChI is InChI=1S/C24H34O5S/c1-2-3-4-5-6-7-8-9-10-11-12-20-19-22(15-18-24(20)25)29-21-13-16-23(17-14-21)30(26,27)28/h13-19,25H,2-12H2,1H3,(H,26,27,28). The molecular weight excluding hydrogens is 400 g/mol. The minimum atomic E-state index is -4.22. The lowest BCUT2D eigenvalue weighted by Crippen LogP contribution is -1.97. The molecule has 0 amide bonds. The zero-order valence-electron chi connectivity index (χ0n) is 17.8. The summed E-state index contributed by atoms with van der Waals surface area (Å²) >= 11 is 0. The van der Waals surface area contributed by atoms with E-state index in [9.17, 15) is 13.5 Å². The van der Waals surface area contributed by atoms with Gasteiger partial charge in [-0.15, -0.1) is 0 Å². The van der Waals surface area contributed by atoms with Crippen molar-refractivity contribution in [2.75, 3.05) is 0 Å². The van der Waals surface area contributed by atoms with E-state index in [2.05, 4.69) is 6.92 Å². The fraction of sp³-hybridized carbons (Fsp3) is 0.500. The number of aryl methyl sites for hydroxylation is 1. The Hall–Kier alpha value is -2.05. The van der Waals surface area contributed by atoms with Crippen LogP contribution in [-0.2, 0) is 16.5 Å². The first kappa shape index (κ1) is 24.2. The van der Waals surface area contributed by atoms with Crippen LogP contribution in [0.1, 0.15) is 76.7 Å². The largest absolute Gasteiger partial charge is 0.508 e. The summed E-state index contributed by atoms with van der Waals surface area (Å²) in [6.45, 7) is 2.24. The van der Waals surface area contributed by atoms with Crippen LogP contribution < -0.4 is 4.74 Å². The third-order valence-corrected chi connectivity index (χ3v) is 6.08. The molecule has 0 radical (unpaired) electrons. The molecule has 0 aromatic heterocycles. The Morgan fingerprint density at radius 1 is 0.767 bits per heavy atom. The summed E-state index contributed by atoms with van der Waals surface area (Å²) in [6.07, 6.45) is 13.5. The SMILES string of the molecule is CCCCCCCCCCCCc1cc(Oc2ccc(S(=O)(=O)O)cc2)ccc1O. The van der Waals surface area contributed by atoms with Crippen molar-refractivity contribution in [3.8, 4) is 17.2 Å². The molecular formula is C24H34O5S. The van der Waals surface area contributed by atoms with Crippen LogP contribution in [0, 0.1) is 0 Å². The van der Waals surface area contributed by atoms with Crippen LogP contribution in [0.3, 0.4) is 0 Å². The van der Waals surface area contributed by atoms with Gasteiger partial charge in [0.05, 0.1) is 4.90 Å². The maximum Gasteiger partial charge on any atom is 0.294 e. The lowest BCUT2D eigenvalue weighted by atomic mass is 10.0. The van der Waals surface area contributed by atoms with Crippen molar-refractivity contribution in [3.05, 3.63) is 48.0 Å². The number of benzene rings is 2. The molecule has 0 saturated heterocycles. The Morgan fingerprint density at radius 2 is 1.30 bits per heavy atom. The number of hydrogen-bond donors (Lipinski definition) is 2. The first-order valence-electron chi connectivity index (χ1n) is 11.0. The third kappa shape index (κ3) is 8.76. The molecule has 6 heteroatoms. The van der Waals surface area contributed by atoms with Gasteiger partial charge in [-0.05, 0) is 60.9 Å². The predicted molar refractivity (Wildman–Crippen MR) is 120 cm³/mol. The van der Waals surface area contributed by atoms with E-state index in [1.54, 1.807) is 12.1 Å². The van der Waals surface area contributed by atoms with Gasteiger partial charge in [0.25, 0.3) is 10.1 Å². The molecule has 0 heterocycles. The van der Waals surface area contributed by atoms with Crippen molar-refractivity contribution in [2.45, 2.75) is 82.4 Å². The molecule has 0 aliphatic rings. The molecule has 2 aromatic rings. The average molecular weight is 435 g/mol. The van der Waals surface area contributed by atoms with E-state index >= 15 is 0 Å². The minimum absolute atomic E-state index is 0.179. The third-order valence-electron chi connectivity index (χ3n) is 5.21. The van der Waals surface area contributed by atoms with Crippen LogP contribution in [0.5, 0.6) is 17.2 Å². The van der Waals surface area contributed by atoms with Gasteiger partial charge in [0.2, 0.25) is 0 Å². The smallest absolute Gasteiger partial charge is 0.294 e. The number of aromatic hydroxyl groups is 1. The summed E-state index contributed by atoms with van der Waals surface area (Å²) in [7, 11) is -4.22. The van der Waals surface area contributed by atoms with Crippen molar-refractivity contribution >= 4 is 10.1 Å². The highest BCUT2D eigenvalue weighted by atomic mass is 32.2. The summed E-state index contributed by atoms with van der Waals surface area (Å²) in [5.41, 5.74) is 0.849. The second kappa shape index (κ2) is 12.6. The Labute approximate surface area is 180 Å². The Kier molecular flexibility index (Phi) is 10.2. The molecule has 0 bridgehead atoms. The number of unbranched alkanes of at least 4 members (excludes halogenated alkanes) is 9. The molecule has 30 heavy (non-hydrogen) atoms. The number of phenolic OH excluding ortho intramolecular Hbond substituents is 1. The molecule has 2 N–H and O–H groups in total. The molecule has 0 fully saturated rings. The van der Waals surface area contributed by atoms with E-state index in [1.165, 1.54) is 75.6 Å². The van der Waals surface area contributed by atoms with Gasteiger partial charge < -0.3 is 9.84 Å². The van der Waals surface area contributed by atoms with Gasteiger partial charge in [-0.2, -0.15) is 8.42 Å². The van der Waals surface area contributed by atoms with Crippen LogP contribution in [0.4, 0.5) is 0 Å². The highest BCUT2D eigenvalue weighted by molar-refractivity contribution is 7.85. The molecule has 0 aliphatic heterocycles. The van der Waals surface area contributed by atoms with E-state index in [-0.39, 0.29) is 10.6 Å². The zero-order chi connectivity index (χ0) is 21.8. The van der Waals surface area contributed by atoms with Gasteiger partial charge in [-0.1, -0.05) is 64.7 Å². The second-order valence-corrected chi connectivity index (χ2v) is 9.19. The minimum Gasteiger partial charge on any atom is -0.508 e. The number of ether oxygens (including phenoxy) is 1. The molecule has 0 spiro atoms. The molecule has 0 aliphatic carbocycles.